The van der Waals surface area contributed by atoms with E-state index < -0.39 is 35.6 Å². The monoisotopic (exact) mass is 540 g/mol. The number of rotatable bonds is 13. The van der Waals surface area contributed by atoms with Crippen LogP contribution < -0.4 is 0 Å². The Labute approximate surface area is 210 Å². The molecular weight excluding hydrogens is 504 g/mol. The van der Waals surface area contributed by atoms with Crippen molar-refractivity contribution in [3.8, 4) is 0 Å². The number of alkyl halides is 1. The molecule has 0 aromatic rings. The average Bonchev–Trinajstić information content (AvgIpc) is 3.39. The number of likely N-dealkylation sites (tertiary alicyclic amines) is 1. The molecule has 3 rings (SSSR count). The van der Waals surface area contributed by atoms with E-state index in [0.29, 0.717) is 32.4 Å². The summed E-state index contributed by atoms with van der Waals surface area (Å²) < 4.78 is 11.8. The molecule has 0 radical (unpaired) electrons. The molecule has 3 aliphatic rings. The molecule has 0 saturated carbocycles. The highest BCUT2D eigenvalue weighted by Gasteiger charge is 2.77. The van der Waals surface area contributed by atoms with Crippen LogP contribution in [0.3, 0.4) is 0 Å². The summed E-state index contributed by atoms with van der Waals surface area (Å²) in [6.07, 6.45) is 5.90. The van der Waals surface area contributed by atoms with Crippen LogP contribution in [0.1, 0.15) is 46.0 Å². The molecular formula is C25H37BrN2O6. The lowest BCUT2D eigenvalue weighted by molar-refractivity contribution is -0.154. The van der Waals surface area contributed by atoms with Gasteiger partial charge in [0.25, 0.3) is 0 Å². The van der Waals surface area contributed by atoms with Crippen LogP contribution >= 0.6 is 15.9 Å². The number of esters is 1. The van der Waals surface area contributed by atoms with Crippen molar-refractivity contribution in [1.82, 2.24) is 9.80 Å². The van der Waals surface area contributed by atoms with Crippen LogP contribution in [0.4, 0.5) is 0 Å². The SMILES string of the molecule is C=CCOC(=O)[C@H]1[C@@H]2OC3(CC2Br)C(C(=O)N(CC=C)C(C)CCC)N(CCCCO)C(=O)[C@H]13. The van der Waals surface area contributed by atoms with E-state index in [1.54, 1.807) is 15.9 Å². The summed E-state index contributed by atoms with van der Waals surface area (Å²) in [5, 5.41) is 9.28. The zero-order chi connectivity index (χ0) is 25.0. The molecule has 8 nitrogen and oxygen atoms in total. The summed E-state index contributed by atoms with van der Waals surface area (Å²) in [6.45, 7) is 12.2. The Morgan fingerprint density at radius 2 is 2.12 bits per heavy atom. The van der Waals surface area contributed by atoms with Crippen molar-refractivity contribution in [1.29, 1.82) is 0 Å². The number of aliphatic hydroxyl groups is 1. The lowest BCUT2D eigenvalue weighted by Crippen LogP contribution is -2.58. The third kappa shape index (κ3) is 4.58. The molecule has 190 valence electrons. The molecule has 0 aromatic heterocycles. The van der Waals surface area contributed by atoms with Gasteiger partial charge in [-0.1, -0.05) is 48.0 Å². The van der Waals surface area contributed by atoms with Gasteiger partial charge in [-0.25, -0.2) is 0 Å². The highest BCUT2D eigenvalue weighted by molar-refractivity contribution is 9.09. The number of hydrogen-bond acceptors (Lipinski definition) is 6. The number of halogens is 1. The van der Waals surface area contributed by atoms with Gasteiger partial charge in [0.15, 0.2) is 0 Å². The third-order valence-electron chi connectivity index (χ3n) is 7.29. The van der Waals surface area contributed by atoms with Crippen LogP contribution in [0.5, 0.6) is 0 Å². The largest absolute Gasteiger partial charge is 0.461 e. The molecule has 1 N–H and O–H groups in total. The number of hydrogen-bond donors (Lipinski definition) is 1. The second-order valence-electron chi connectivity index (χ2n) is 9.46. The maximum absolute atomic E-state index is 14.1. The van der Waals surface area contributed by atoms with Crippen LogP contribution in [-0.4, -0.2) is 87.6 Å². The number of unbranched alkanes of at least 4 members (excludes halogenated alkanes) is 1. The van der Waals surface area contributed by atoms with Crippen molar-refractivity contribution >= 4 is 33.7 Å². The molecule has 3 saturated heterocycles. The van der Waals surface area contributed by atoms with E-state index in [1.807, 2.05) is 6.92 Å². The zero-order valence-corrected chi connectivity index (χ0v) is 21.7. The minimum Gasteiger partial charge on any atom is -0.461 e. The van der Waals surface area contributed by atoms with E-state index in [-0.39, 0.29) is 35.9 Å². The molecule has 7 atom stereocenters. The van der Waals surface area contributed by atoms with Gasteiger partial charge in [-0.3, -0.25) is 14.4 Å². The number of ether oxygens (including phenoxy) is 2. The fraction of sp³-hybridized carbons (Fsp3) is 0.720. The van der Waals surface area contributed by atoms with Crippen LogP contribution in [0.25, 0.3) is 0 Å². The highest BCUT2D eigenvalue weighted by Crippen LogP contribution is 2.60. The Morgan fingerprint density at radius 3 is 2.74 bits per heavy atom. The van der Waals surface area contributed by atoms with Crippen molar-refractivity contribution in [3.63, 3.8) is 0 Å². The van der Waals surface area contributed by atoms with E-state index in [9.17, 15) is 19.5 Å². The van der Waals surface area contributed by atoms with Crippen LogP contribution in [0, 0.1) is 11.8 Å². The van der Waals surface area contributed by atoms with E-state index in [0.717, 1.165) is 12.8 Å². The topological polar surface area (TPSA) is 96.4 Å². The van der Waals surface area contributed by atoms with Crippen LogP contribution in [0.15, 0.2) is 25.3 Å². The quantitative estimate of drug-likeness (QED) is 0.167. The third-order valence-corrected chi connectivity index (χ3v) is 8.14. The first kappa shape index (κ1) is 26.9. The Hall–Kier alpha value is -1.71. The molecule has 0 aliphatic carbocycles. The van der Waals surface area contributed by atoms with Crippen molar-refractivity contribution in [2.24, 2.45) is 11.8 Å². The summed E-state index contributed by atoms with van der Waals surface area (Å²) in [7, 11) is 0. The molecule has 3 fully saturated rings. The zero-order valence-electron chi connectivity index (χ0n) is 20.2. The molecule has 9 heteroatoms. The first-order chi connectivity index (χ1) is 16.3. The summed E-state index contributed by atoms with van der Waals surface area (Å²) in [5.74, 6) is -2.50. The van der Waals surface area contributed by atoms with Gasteiger partial charge < -0.3 is 24.4 Å². The Bertz CT molecular complexity index is 806. The standard InChI is InChI=1S/C25H37BrN2O6/c1-5-10-16(4)27(11-6-2)23(31)21-25-15-17(26)20(34-25)18(24(32)33-14-7-3)19(25)22(30)28(21)12-8-9-13-29/h6-7,16-21,29H,2-3,5,8-15H2,1,4H3/t16?,17?,18-,19+,20-,21?,25?/m1/s1. The molecule has 2 amide bonds. The van der Waals surface area contributed by atoms with E-state index in [1.165, 1.54) is 6.08 Å². The molecule has 4 unspecified atom stereocenters. The first-order valence-corrected chi connectivity index (χ1v) is 13.1. The Kier molecular flexibility index (Phi) is 8.98. The second-order valence-corrected chi connectivity index (χ2v) is 10.6. The average molecular weight is 541 g/mol. The predicted octanol–water partition coefficient (Wildman–Crippen LogP) is 2.44. The highest BCUT2D eigenvalue weighted by atomic mass is 79.9. The van der Waals surface area contributed by atoms with Gasteiger partial charge in [0.1, 0.15) is 18.2 Å². The van der Waals surface area contributed by atoms with Crippen molar-refractivity contribution in [2.75, 3.05) is 26.3 Å². The number of nitrogens with zero attached hydrogens (tertiary/aromatic N) is 2. The molecule has 34 heavy (non-hydrogen) atoms. The normalized spacial score (nSPS) is 32.4. The van der Waals surface area contributed by atoms with Crippen molar-refractivity contribution in [2.45, 2.75) is 74.6 Å². The lowest BCUT2D eigenvalue weighted by Gasteiger charge is -2.39. The molecule has 1 spiro atoms. The fourth-order valence-electron chi connectivity index (χ4n) is 5.91. The Balaban J connectivity index is 2.02. The molecule has 2 bridgehead atoms. The van der Waals surface area contributed by atoms with Gasteiger partial charge in [-0.15, -0.1) is 6.58 Å². The van der Waals surface area contributed by atoms with E-state index >= 15 is 0 Å². The predicted molar refractivity (Wildman–Crippen MR) is 131 cm³/mol. The van der Waals surface area contributed by atoms with Gasteiger partial charge in [0.05, 0.1) is 17.9 Å². The van der Waals surface area contributed by atoms with Gasteiger partial charge in [0.2, 0.25) is 11.8 Å². The minimum atomic E-state index is -1.10. The number of amides is 2. The van der Waals surface area contributed by atoms with Crippen LogP contribution in [-0.2, 0) is 23.9 Å². The lowest BCUT2D eigenvalue weighted by atomic mass is 9.70. The maximum atomic E-state index is 14.1. The second kappa shape index (κ2) is 11.4. The Morgan fingerprint density at radius 1 is 1.38 bits per heavy atom. The van der Waals surface area contributed by atoms with Gasteiger partial charge in [-0.2, -0.15) is 0 Å². The number of carbonyl (C=O) groups excluding carboxylic acids is 3. The smallest absolute Gasteiger partial charge is 0.312 e. The first-order valence-electron chi connectivity index (χ1n) is 12.2. The van der Waals surface area contributed by atoms with E-state index in [2.05, 4.69) is 36.0 Å². The fourth-order valence-corrected chi connectivity index (χ4v) is 6.85. The van der Waals surface area contributed by atoms with Gasteiger partial charge in [0, 0.05) is 30.6 Å². The summed E-state index contributed by atoms with van der Waals surface area (Å²) in [4.78, 5) is 44.1. The van der Waals surface area contributed by atoms with E-state index in [4.69, 9.17) is 9.47 Å². The number of fused-ring (bicyclic) bond motifs is 1. The van der Waals surface area contributed by atoms with Crippen molar-refractivity contribution in [3.05, 3.63) is 25.3 Å². The maximum Gasteiger partial charge on any atom is 0.312 e. The summed E-state index contributed by atoms with van der Waals surface area (Å²) in [6, 6.07) is -0.878. The van der Waals surface area contributed by atoms with Gasteiger partial charge in [-0.05, 0) is 32.6 Å². The summed E-state index contributed by atoms with van der Waals surface area (Å²) >= 11 is 3.65. The number of aliphatic hydroxyl groups excluding tert-OH is 1. The van der Waals surface area contributed by atoms with Gasteiger partial charge >= 0.3 is 5.97 Å². The molecule has 3 heterocycles. The summed E-state index contributed by atoms with van der Waals surface area (Å²) in [5.41, 5.74) is -1.10. The minimum absolute atomic E-state index is 0.00386. The van der Waals surface area contributed by atoms with Crippen molar-refractivity contribution < 1.29 is 29.0 Å². The van der Waals surface area contributed by atoms with Crippen LogP contribution in [0.2, 0.25) is 0 Å². The number of carbonyl (C=O) groups is 3. The molecule has 3 aliphatic heterocycles. The molecule has 0 aromatic carbocycles.